The van der Waals surface area contributed by atoms with Gasteiger partial charge in [-0.3, -0.25) is 0 Å². The first-order valence-electron chi connectivity index (χ1n) is 7.03. The maximum absolute atomic E-state index is 10.2. The third-order valence-electron chi connectivity index (χ3n) is 3.88. The van der Waals surface area contributed by atoms with Gasteiger partial charge in [-0.25, -0.2) is 0 Å². The Morgan fingerprint density at radius 2 is 1.95 bits per heavy atom. The number of anilines is 1. The van der Waals surface area contributed by atoms with Gasteiger partial charge in [0.2, 0.25) is 0 Å². The Hall–Kier alpha value is -1.94. The summed E-state index contributed by atoms with van der Waals surface area (Å²) in [5.74, 6) is 0.855. The Bertz CT molecular complexity index is 556. The summed E-state index contributed by atoms with van der Waals surface area (Å²) in [5.41, 5.74) is 2.15. The summed E-state index contributed by atoms with van der Waals surface area (Å²) < 4.78 is 0. The highest BCUT2D eigenvalue weighted by Gasteiger charge is 2.33. The number of hydrogen-bond acceptors (Lipinski definition) is 4. The molecule has 0 spiro atoms. The lowest BCUT2D eigenvalue weighted by Crippen LogP contribution is -2.37. The van der Waals surface area contributed by atoms with Crippen LogP contribution in [0.15, 0.2) is 42.5 Å². The Morgan fingerprint density at radius 3 is 2.65 bits per heavy atom. The molecule has 0 unspecified atom stereocenters. The fourth-order valence-corrected chi connectivity index (χ4v) is 2.77. The second kappa shape index (κ2) is 5.59. The van der Waals surface area contributed by atoms with Crippen LogP contribution in [0.3, 0.4) is 0 Å². The van der Waals surface area contributed by atoms with Crippen LogP contribution in [0.5, 0.6) is 0 Å². The smallest absolute Gasteiger partial charge is 0.151 e. The predicted molar refractivity (Wildman–Crippen MR) is 78.7 cm³/mol. The lowest BCUT2D eigenvalue weighted by atomic mass is 10.0. The molecule has 1 fully saturated rings. The summed E-state index contributed by atoms with van der Waals surface area (Å²) >= 11 is 0. The number of benzene rings is 1. The number of aromatic nitrogens is 2. The Morgan fingerprint density at radius 1 is 1.15 bits per heavy atom. The van der Waals surface area contributed by atoms with Gasteiger partial charge >= 0.3 is 0 Å². The van der Waals surface area contributed by atoms with E-state index >= 15 is 0 Å². The molecule has 1 aliphatic heterocycles. The van der Waals surface area contributed by atoms with Crippen LogP contribution in [0.4, 0.5) is 5.82 Å². The first-order valence-corrected chi connectivity index (χ1v) is 7.03. The molecule has 20 heavy (non-hydrogen) atoms. The molecule has 2 atom stereocenters. The molecule has 2 aromatic rings. The Kier molecular flexibility index (Phi) is 3.65. The van der Waals surface area contributed by atoms with E-state index in [9.17, 15) is 5.11 Å². The molecule has 1 aromatic heterocycles. The summed E-state index contributed by atoms with van der Waals surface area (Å²) in [5, 5.41) is 18.6. The number of aryl methyl sites for hydroxylation is 1. The van der Waals surface area contributed by atoms with Crippen molar-refractivity contribution in [2.24, 2.45) is 0 Å². The van der Waals surface area contributed by atoms with Gasteiger partial charge in [-0.2, -0.15) is 5.10 Å². The van der Waals surface area contributed by atoms with E-state index < -0.39 is 0 Å². The molecule has 4 nitrogen and oxygen atoms in total. The minimum atomic E-state index is -0.307. The molecular weight excluding hydrogens is 250 g/mol. The van der Waals surface area contributed by atoms with Crippen LogP contribution in [0.25, 0.3) is 0 Å². The molecule has 0 saturated carbocycles. The molecule has 3 rings (SSSR count). The second-order valence-corrected chi connectivity index (χ2v) is 5.34. The van der Waals surface area contributed by atoms with Crippen molar-refractivity contribution < 1.29 is 5.11 Å². The third-order valence-corrected chi connectivity index (χ3v) is 3.88. The van der Waals surface area contributed by atoms with E-state index in [0.29, 0.717) is 0 Å². The topological polar surface area (TPSA) is 49.2 Å². The largest absolute Gasteiger partial charge is 0.391 e. The van der Waals surface area contributed by atoms with Gasteiger partial charge in [0.15, 0.2) is 5.82 Å². The molecule has 1 saturated heterocycles. The van der Waals surface area contributed by atoms with E-state index in [0.717, 1.165) is 30.9 Å². The monoisotopic (exact) mass is 269 g/mol. The van der Waals surface area contributed by atoms with Crippen molar-refractivity contribution in [3.63, 3.8) is 0 Å². The molecule has 0 aliphatic carbocycles. The zero-order valence-electron chi connectivity index (χ0n) is 11.6. The van der Waals surface area contributed by atoms with Gasteiger partial charge in [0.1, 0.15) is 0 Å². The molecule has 0 bridgehead atoms. The number of rotatable bonds is 3. The normalized spacial score (nSPS) is 22.2. The van der Waals surface area contributed by atoms with Gasteiger partial charge in [-0.15, -0.1) is 5.10 Å². The number of aliphatic hydroxyl groups is 1. The molecular formula is C16H19N3O. The summed E-state index contributed by atoms with van der Waals surface area (Å²) in [7, 11) is 0. The lowest BCUT2D eigenvalue weighted by molar-refractivity contribution is 0.164. The zero-order valence-corrected chi connectivity index (χ0v) is 11.6. The predicted octanol–water partition coefficient (Wildman–Crippen LogP) is 1.97. The van der Waals surface area contributed by atoms with Gasteiger partial charge in [0, 0.05) is 6.54 Å². The molecule has 1 aliphatic rings. The second-order valence-electron chi connectivity index (χ2n) is 5.34. The van der Waals surface area contributed by atoms with E-state index in [-0.39, 0.29) is 12.1 Å². The van der Waals surface area contributed by atoms with Crippen LogP contribution in [-0.2, 0) is 6.42 Å². The van der Waals surface area contributed by atoms with Crippen LogP contribution < -0.4 is 4.90 Å². The number of nitrogens with zero attached hydrogens (tertiary/aromatic N) is 3. The van der Waals surface area contributed by atoms with Gasteiger partial charge in [0.25, 0.3) is 0 Å². The maximum Gasteiger partial charge on any atom is 0.151 e. The van der Waals surface area contributed by atoms with E-state index in [2.05, 4.69) is 27.2 Å². The Labute approximate surface area is 119 Å². The van der Waals surface area contributed by atoms with Crippen molar-refractivity contribution in [1.29, 1.82) is 0 Å². The summed E-state index contributed by atoms with van der Waals surface area (Å²) in [4.78, 5) is 2.17. The van der Waals surface area contributed by atoms with Gasteiger partial charge < -0.3 is 10.0 Å². The fourth-order valence-electron chi connectivity index (χ4n) is 2.77. The van der Waals surface area contributed by atoms with E-state index in [1.807, 2.05) is 37.3 Å². The molecule has 104 valence electrons. The average molecular weight is 269 g/mol. The average Bonchev–Trinajstić information content (AvgIpc) is 2.83. The van der Waals surface area contributed by atoms with Gasteiger partial charge in [-0.05, 0) is 37.5 Å². The Balaban J connectivity index is 1.81. The zero-order chi connectivity index (χ0) is 13.9. The summed E-state index contributed by atoms with van der Waals surface area (Å²) in [6.07, 6.45) is 1.31. The van der Waals surface area contributed by atoms with Crippen molar-refractivity contribution in [2.45, 2.75) is 31.9 Å². The minimum absolute atomic E-state index is 0.0782. The van der Waals surface area contributed by atoms with Crippen molar-refractivity contribution in [3.8, 4) is 0 Å². The first kappa shape index (κ1) is 13.1. The SMILES string of the molecule is Cc1ccc(N2CC[C@H](O)[C@@H]2Cc2ccccc2)nn1. The first-order chi connectivity index (χ1) is 9.74. The highest BCUT2D eigenvalue weighted by molar-refractivity contribution is 5.41. The van der Waals surface area contributed by atoms with E-state index in [1.165, 1.54) is 5.56 Å². The fraction of sp³-hybridized carbons (Fsp3) is 0.375. The lowest BCUT2D eigenvalue weighted by Gasteiger charge is -2.27. The summed E-state index contributed by atoms with van der Waals surface area (Å²) in [6.45, 7) is 2.76. The highest BCUT2D eigenvalue weighted by atomic mass is 16.3. The molecule has 1 N–H and O–H groups in total. The van der Waals surface area contributed by atoms with Crippen molar-refractivity contribution in [2.75, 3.05) is 11.4 Å². The van der Waals surface area contributed by atoms with Gasteiger partial charge in [0.05, 0.1) is 17.8 Å². The van der Waals surface area contributed by atoms with Crippen molar-refractivity contribution >= 4 is 5.82 Å². The standard InChI is InChI=1S/C16H19N3O/c1-12-7-8-16(18-17-12)19-10-9-15(20)14(19)11-13-5-3-2-4-6-13/h2-8,14-15,20H,9-11H2,1H3/t14-,15-/m0/s1. The molecule has 1 aromatic carbocycles. The number of hydrogen-bond donors (Lipinski definition) is 1. The highest BCUT2D eigenvalue weighted by Crippen LogP contribution is 2.26. The van der Waals surface area contributed by atoms with Crippen LogP contribution >= 0.6 is 0 Å². The van der Waals surface area contributed by atoms with Crippen LogP contribution in [0.1, 0.15) is 17.7 Å². The third kappa shape index (κ3) is 2.65. The quantitative estimate of drug-likeness (QED) is 0.925. The van der Waals surface area contributed by atoms with E-state index in [1.54, 1.807) is 0 Å². The molecule has 4 heteroatoms. The summed E-state index contributed by atoms with van der Waals surface area (Å²) in [6, 6.07) is 14.3. The van der Waals surface area contributed by atoms with Crippen molar-refractivity contribution in [3.05, 3.63) is 53.7 Å². The van der Waals surface area contributed by atoms with Crippen molar-refractivity contribution in [1.82, 2.24) is 10.2 Å². The molecule has 0 radical (unpaired) electrons. The van der Waals surface area contributed by atoms with E-state index in [4.69, 9.17) is 0 Å². The number of aliphatic hydroxyl groups excluding tert-OH is 1. The molecule has 2 heterocycles. The molecule has 0 amide bonds. The van der Waals surface area contributed by atoms with Crippen LogP contribution in [0.2, 0.25) is 0 Å². The van der Waals surface area contributed by atoms with Crippen LogP contribution in [0, 0.1) is 6.92 Å². The van der Waals surface area contributed by atoms with Crippen LogP contribution in [-0.4, -0.2) is 34.0 Å². The minimum Gasteiger partial charge on any atom is -0.391 e. The van der Waals surface area contributed by atoms with Gasteiger partial charge in [-0.1, -0.05) is 30.3 Å². The maximum atomic E-state index is 10.2.